The van der Waals surface area contributed by atoms with E-state index in [2.05, 4.69) is 31.9 Å². The molecule has 5 rings (SSSR count). The second-order valence-corrected chi connectivity index (χ2v) is 12.3. The van der Waals surface area contributed by atoms with Crippen LogP contribution in [0.1, 0.15) is 26.5 Å². The van der Waals surface area contributed by atoms with Gasteiger partial charge in [0.1, 0.15) is 6.54 Å². The van der Waals surface area contributed by atoms with E-state index in [1.54, 1.807) is 17.5 Å². The van der Waals surface area contributed by atoms with Crippen molar-refractivity contribution in [3.63, 3.8) is 0 Å². The first-order valence-corrected chi connectivity index (χ1v) is 13.7. The Morgan fingerprint density at radius 2 is 1.67 bits per heavy atom. The molecule has 11 heteroatoms. The molecule has 1 saturated heterocycles. The summed E-state index contributed by atoms with van der Waals surface area (Å²) in [6.07, 6.45) is 0.765. The molecule has 6 nitrogen and oxygen atoms in total. The minimum atomic E-state index is -0.668. The van der Waals surface area contributed by atoms with Crippen LogP contribution in [0.15, 0.2) is 35.7 Å². The number of hydrazine groups is 1. The van der Waals surface area contributed by atoms with Gasteiger partial charge in [-0.15, -0.1) is 11.3 Å². The molecule has 1 aromatic heterocycles. The molecule has 0 spiro atoms. The summed E-state index contributed by atoms with van der Waals surface area (Å²) in [7, 11) is 0. The van der Waals surface area contributed by atoms with Crippen LogP contribution < -0.4 is 0 Å². The van der Waals surface area contributed by atoms with Crippen LogP contribution in [0.25, 0.3) is 0 Å². The number of fused-ring (bicyclic) bond motifs is 5. The molecule has 3 fully saturated rings. The van der Waals surface area contributed by atoms with Gasteiger partial charge in [-0.3, -0.25) is 19.2 Å². The molecule has 3 aliphatic rings. The predicted octanol–water partition coefficient (Wildman–Crippen LogP) is 5.07. The highest BCUT2D eigenvalue weighted by molar-refractivity contribution is 9.12. The normalized spacial score (nSPS) is 30.1. The number of thiophene rings is 1. The fourth-order valence-corrected chi connectivity index (χ4v) is 8.06. The maximum Gasteiger partial charge on any atom is 0.273 e. The van der Waals surface area contributed by atoms with Gasteiger partial charge in [-0.1, -0.05) is 61.1 Å². The fourth-order valence-electron chi connectivity index (χ4n) is 5.23. The lowest BCUT2D eigenvalue weighted by Crippen LogP contribution is -2.52. The lowest BCUT2D eigenvalue weighted by Gasteiger charge is -2.30. The number of benzene rings is 1. The quantitative estimate of drug-likeness (QED) is 0.262. The van der Waals surface area contributed by atoms with Gasteiger partial charge in [-0.25, -0.2) is 5.01 Å². The molecule has 172 valence electrons. The monoisotopic (exact) mass is 632 g/mol. The smallest absolute Gasteiger partial charge is 0.273 e. The Labute approximate surface area is 220 Å². The first-order chi connectivity index (χ1) is 15.7. The van der Waals surface area contributed by atoms with Crippen molar-refractivity contribution in [2.75, 3.05) is 6.54 Å². The lowest BCUT2D eigenvalue weighted by molar-refractivity contribution is -0.154. The van der Waals surface area contributed by atoms with Gasteiger partial charge in [-0.2, -0.15) is 5.01 Å². The summed E-state index contributed by atoms with van der Waals surface area (Å²) in [6.45, 7) is -0.443. The van der Waals surface area contributed by atoms with E-state index in [1.807, 2.05) is 0 Å². The van der Waals surface area contributed by atoms with E-state index in [-0.39, 0.29) is 42.9 Å². The van der Waals surface area contributed by atoms with Gasteiger partial charge < -0.3 is 0 Å². The molecule has 3 amide bonds. The van der Waals surface area contributed by atoms with Gasteiger partial charge in [-0.05, 0) is 47.9 Å². The number of alkyl halides is 2. The molecule has 6 atom stereocenters. The SMILES string of the molecule is O=C(CN(C(=O)c1ccc(Cl)c(Cl)c1)N1C(=O)[C@@H]2[C@H]3C[C@@H]([C@H](Br)[C@H]3Br)[C@H]2C1=O)c1cccs1. The van der Waals surface area contributed by atoms with Gasteiger partial charge in [0.2, 0.25) is 0 Å². The van der Waals surface area contributed by atoms with E-state index in [9.17, 15) is 19.2 Å². The number of hydrogen-bond acceptors (Lipinski definition) is 5. The average molecular weight is 635 g/mol. The third kappa shape index (κ3) is 3.71. The number of rotatable bonds is 5. The molecular weight excluding hydrogens is 619 g/mol. The highest BCUT2D eigenvalue weighted by atomic mass is 79.9. The first-order valence-electron chi connectivity index (χ1n) is 10.2. The van der Waals surface area contributed by atoms with Gasteiger partial charge in [0.15, 0.2) is 5.78 Å². The summed E-state index contributed by atoms with van der Waals surface area (Å²) >= 11 is 20.6. The topological polar surface area (TPSA) is 74.8 Å². The van der Waals surface area contributed by atoms with Gasteiger partial charge in [0.25, 0.3) is 17.7 Å². The summed E-state index contributed by atoms with van der Waals surface area (Å²) < 4.78 is 0. The first kappa shape index (κ1) is 23.5. The highest BCUT2D eigenvalue weighted by Gasteiger charge is 2.67. The van der Waals surface area contributed by atoms with Crippen molar-refractivity contribution in [3.05, 3.63) is 56.2 Å². The van der Waals surface area contributed by atoms with E-state index in [0.29, 0.717) is 4.88 Å². The van der Waals surface area contributed by atoms with E-state index in [0.717, 1.165) is 16.4 Å². The van der Waals surface area contributed by atoms with Crippen LogP contribution in [0.3, 0.4) is 0 Å². The second kappa shape index (κ2) is 8.75. The summed E-state index contributed by atoms with van der Waals surface area (Å²) in [4.78, 5) is 54.1. The minimum absolute atomic E-state index is 0.0132. The number of halogens is 4. The molecule has 2 aromatic rings. The van der Waals surface area contributed by atoms with Crippen LogP contribution in [-0.2, 0) is 9.59 Å². The van der Waals surface area contributed by atoms with Crippen LogP contribution >= 0.6 is 66.4 Å². The van der Waals surface area contributed by atoms with Crippen molar-refractivity contribution in [1.29, 1.82) is 0 Å². The molecule has 2 heterocycles. The Hall–Kier alpha value is -1.26. The van der Waals surface area contributed by atoms with Crippen LogP contribution in [0.4, 0.5) is 0 Å². The molecule has 1 aromatic carbocycles. The van der Waals surface area contributed by atoms with E-state index < -0.39 is 36.1 Å². The zero-order valence-electron chi connectivity index (χ0n) is 16.8. The third-order valence-corrected chi connectivity index (χ3v) is 11.6. The largest absolute Gasteiger partial charge is 0.291 e. The van der Waals surface area contributed by atoms with Gasteiger partial charge in [0, 0.05) is 15.2 Å². The van der Waals surface area contributed by atoms with Crippen molar-refractivity contribution in [2.24, 2.45) is 23.7 Å². The molecule has 2 bridgehead atoms. The third-order valence-electron chi connectivity index (χ3n) is 6.70. The highest BCUT2D eigenvalue weighted by Crippen LogP contribution is 2.60. The Kier molecular flexibility index (Phi) is 6.23. The molecule has 33 heavy (non-hydrogen) atoms. The number of imide groups is 1. The van der Waals surface area contributed by atoms with Crippen molar-refractivity contribution in [3.8, 4) is 0 Å². The van der Waals surface area contributed by atoms with Crippen LogP contribution in [0, 0.1) is 23.7 Å². The van der Waals surface area contributed by atoms with Crippen LogP contribution in [0.2, 0.25) is 10.0 Å². The average Bonchev–Trinajstić information content (AvgIpc) is 3.55. The van der Waals surface area contributed by atoms with Crippen molar-refractivity contribution >= 4 is 89.9 Å². The Morgan fingerprint density at radius 3 is 2.21 bits per heavy atom. The second-order valence-electron chi connectivity index (χ2n) is 8.38. The molecule has 2 saturated carbocycles. The summed E-state index contributed by atoms with van der Waals surface area (Å²) in [5.74, 6) is -2.96. The van der Waals surface area contributed by atoms with Gasteiger partial charge >= 0.3 is 0 Å². The molecular formula is C22H16Br2Cl2N2O4S. The molecule has 0 radical (unpaired) electrons. The molecule has 0 N–H and O–H groups in total. The minimum Gasteiger partial charge on any atom is -0.291 e. The predicted molar refractivity (Wildman–Crippen MR) is 132 cm³/mol. The van der Waals surface area contributed by atoms with Crippen molar-refractivity contribution in [1.82, 2.24) is 10.0 Å². The van der Waals surface area contributed by atoms with Crippen molar-refractivity contribution in [2.45, 2.75) is 16.1 Å². The fraction of sp³-hybridized carbons (Fsp3) is 0.364. The number of ketones is 1. The van der Waals surface area contributed by atoms with Crippen LogP contribution in [-0.4, -0.2) is 49.7 Å². The molecule has 1 aliphatic heterocycles. The van der Waals surface area contributed by atoms with Crippen LogP contribution in [0.5, 0.6) is 0 Å². The molecule has 0 unspecified atom stereocenters. The van der Waals surface area contributed by atoms with E-state index in [4.69, 9.17) is 23.2 Å². The van der Waals surface area contributed by atoms with E-state index in [1.165, 1.54) is 29.5 Å². The zero-order valence-corrected chi connectivity index (χ0v) is 22.3. The van der Waals surface area contributed by atoms with Crippen molar-refractivity contribution < 1.29 is 19.2 Å². The summed E-state index contributed by atoms with van der Waals surface area (Å²) in [6, 6.07) is 7.65. The number of carbonyl (C=O) groups is 4. The summed E-state index contributed by atoms with van der Waals surface area (Å²) in [5.41, 5.74) is 0.126. The van der Waals surface area contributed by atoms with Gasteiger partial charge in [0.05, 0.1) is 26.8 Å². The number of carbonyl (C=O) groups excluding carboxylic acids is 4. The number of amides is 3. The number of Topliss-reactive ketones (excluding diaryl/α,β-unsaturated/α-hetero) is 1. The Morgan fingerprint density at radius 1 is 1.03 bits per heavy atom. The Bertz CT molecular complexity index is 1150. The zero-order chi connectivity index (χ0) is 23.6. The standard InChI is InChI=1S/C22H16Br2Cl2N2O4S/c23-18-10-7-11(19(18)24)17-16(10)21(31)28(22(17)32)27(8-14(29)15-2-1-5-33-15)20(30)9-3-4-12(25)13(26)6-9/h1-6,10-11,16-19H,7-8H2/t10-,11-,16-,17-,18+,19+/m1/s1. The number of hydrogen-bond donors (Lipinski definition) is 0. The maximum absolute atomic E-state index is 13.5. The summed E-state index contributed by atoms with van der Waals surface area (Å²) in [5, 5.41) is 4.04. The lowest BCUT2D eigenvalue weighted by atomic mass is 9.81. The Balaban J connectivity index is 1.52. The maximum atomic E-state index is 13.5. The molecule has 2 aliphatic carbocycles. The number of nitrogens with zero attached hydrogens (tertiary/aromatic N) is 2. The van der Waals surface area contributed by atoms with E-state index >= 15 is 0 Å².